The third kappa shape index (κ3) is 92.1. The molecule has 0 aromatic heterocycles. The summed E-state index contributed by atoms with van der Waals surface area (Å²) in [4.78, 5) is 27.8. The van der Waals surface area contributed by atoms with Crippen LogP contribution >= 0.6 is 0 Å². The van der Waals surface area contributed by atoms with Crippen molar-refractivity contribution < 1.29 is 228 Å². The maximum atomic E-state index is 9.26. The average Bonchev–Trinajstić information content (AvgIpc) is 2.19. The van der Waals surface area contributed by atoms with E-state index in [4.69, 9.17) is 0 Å². The molecule has 0 rings (SSSR count). The van der Waals surface area contributed by atoms with Gasteiger partial charge in [0.1, 0.15) is 0 Å². The first-order valence-electron chi connectivity index (χ1n) is 4.41. The molecule has 0 heterocycles. The van der Waals surface area contributed by atoms with E-state index in [-0.39, 0.29) is 217 Å². The second-order valence-corrected chi connectivity index (χ2v) is 2.18. The Morgan fingerprint density at radius 1 is 0.750 bits per heavy atom. The number of carbonyl (C=O) groups is 3. The fourth-order valence-corrected chi connectivity index (χ4v) is 0. The van der Waals surface area contributed by atoms with Crippen LogP contribution in [-0.4, -0.2) is 17.9 Å². The summed E-state index contributed by atoms with van der Waals surface area (Å²) in [6.45, 7) is 4.61. The van der Waals surface area contributed by atoms with Gasteiger partial charge >= 0.3 is 36.9 Å². The van der Waals surface area contributed by atoms with Crippen molar-refractivity contribution in [3.05, 3.63) is 0 Å². The first-order valence-corrected chi connectivity index (χ1v) is 4.41. The van der Waals surface area contributed by atoms with Crippen LogP contribution < -0.4 is 15.3 Å². The van der Waals surface area contributed by atoms with Crippen LogP contribution in [-0.2, 0) is 14.4 Å². The summed E-state index contributed by atoms with van der Waals surface area (Å²) in [5.74, 6) is -2.99. The molecule has 0 saturated carbocycles. The molecule has 0 unspecified atom stereocenters. The average molecular weight is 1060 g/mol. The molecule has 20 heavy (non-hydrogen) atoms. The van der Waals surface area contributed by atoms with Crippen LogP contribution in [0.1, 0.15) is 40.0 Å². The first-order chi connectivity index (χ1) is 6.81. The molecule has 149 valence electrons. The number of aliphatic carboxylic acids is 3. The van der Waals surface area contributed by atoms with E-state index in [1.807, 2.05) is 0 Å². The van der Waals surface area contributed by atoms with Crippen LogP contribution in [0.25, 0.3) is 0 Å². The summed E-state index contributed by atoms with van der Waals surface area (Å²) < 4.78 is 0. The van der Waals surface area contributed by atoms with Gasteiger partial charge in [0.05, 0.1) is 0 Å². The van der Waals surface area contributed by atoms with E-state index in [0.29, 0.717) is 0 Å². The summed E-state index contributed by atoms with van der Waals surface area (Å²) in [5, 5.41) is 27.8. The van der Waals surface area contributed by atoms with E-state index in [1.165, 1.54) is 20.8 Å². The number of hydrogen-bond acceptors (Lipinski definition) is 6. The topological polar surface area (TPSA) is 120 Å². The zero-order chi connectivity index (χ0) is 12.9. The predicted octanol–water partition coefficient (Wildman–Crippen LogP) is -2.56. The van der Waals surface area contributed by atoms with E-state index < -0.39 is 17.9 Å². The normalized spacial score (nSPS) is 5.55. The first kappa shape index (κ1) is 49.8. The number of carbonyl (C=O) groups excluding carboxylic acids is 3. The standard InChI is InChI=1S/3C3H6O2.Er.Gd.Lu.Tm.Yb/c3*1-2-3(4)5;;;;;/h3*2H2,1H3,(H,4,5);;;;;/q;;;;;+3;;/p-3. The smallest absolute Gasteiger partial charge is 0.550 e. The van der Waals surface area contributed by atoms with Crippen LogP contribution in [0.2, 0.25) is 0 Å². The molecule has 0 aliphatic heterocycles. The van der Waals surface area contributed by atoms with E-state index >= 15 is 0 Å². The van der Waals surface area contributed by atoms with Gasteiger partial charge in [-0.15, -0.1) is 0 Å². The van der Waals surface area contributed by atoms with Crippen LogP contribution in [0, 0.1) is 198 Å². The molecule has 0 bridgehead atoms. The molecule has 0 N–H and O–H groups in total. The van der Waals surface area contributed by atoms with Crippen molar-refractivity contribution in [1.82, 2.24) is 0 Å². The molecule has 0 saturated heterocycles. The van der Waals surface area contributed by atoms with Gasteiger partial charge in [0.2, 0.25) is 0 Å². The SMILES string of the molecule is CCC(=O)[O-].CCC(=O)[O-].CCC(=O)[O-].[Er].[Gd].[Lu+3].[Tm].[Yb]. The Morgan fingerprint density at radius 3 is 0.800 bits per heavy atom. The molecule has 0 aromatic carbocycles. The number of rotatable bonds is 3. The molecule has 11 heteroatoms. The molecule has 0 spiro atoms. The Labute approximate surface area is 278 Å². The Hall–Kier alpha value is 4.97. The molecule has 0 fully saturated rings. The molecular weight excluding hydrogens is 1050 g/mol. The van der Waals surface area contributed by atoms with Gasteiger partial charge in [-0.05, 0) is 19.3 Å². The quantitative estimate of drug-likeness (QED) is 0.307. The fourth-order valence-electron chi connectivity index (χ4n) is 0. The van der Waals surface area contributed by atoms with Crippen LogP contribution in [0.3, 0.4) is 0 Å². The van der Waals surface area contributed by atoms with Gasteiger partial charge < -0.3 is 29.7 Å². The largest absolute Gasteiger partial charge is 3.00 e. The summed E-state index contributed by atoms with van der Waals surface area (Å²) in [5.41, 5.74) is 0. The molecule has 0 atom stereocenters. The van der Waals surface area contributed by atoms with Crippen LogP contribution in [0.4, 0.5) is 0 Å². The third-order valence-electron chi connectivity index (χ3n) is 0.866. The summed E-state index contributed by atoms with van der Waals surface area (Å²) in [7, 11) is 0. The maximum Gasteiger partial charge on any atom is 3.00 e. The van der Waals surface area contributed by atoms with Crippen molar-refractivity contribution in [2.45, 2.75) is 40.0 Å². The molecule has 0 aromatic rings. The van der Waals surface area contributed by atoms with Crippen molar-refractivity contribution >= 4 is 17.9 Å². The maximum absolute atomic E-state index is 9.26. The van der Waals surface area contributed by atoms with Crippen LogP contribution in [0.5, 0.6) is 0 Å². The van der Waals surface area contributed by atoms with Gasteiger partial charge in [-0.1, -0.05) is 20.8 Å². The van der Waals surface area contributed by atoms with Gasteiger partial charge in [0.15, 0.2) is 0 Å². The molecule has 1 radical (unpaired) electrons. The summed E-state index contributed by atoms with van der Waals surface area (Å²) in [6.07, 6.45) is 0.333. The second kappa shape index (κ2) is 43.9. The molecule has 6 nitrogen and oxygen atoms in total. The van der Waals surface area contributed by atoms with Gasteiger partial charge in [-0.25, -0.2) is 0 Å². The Bertz CT molecular complexity index is 182. The van der Waals surface area contributed by atoms with Gasteiger partial charge in [0.25, 0.3) is 0 Å². The predicted molar refractivity (Wildman–Crippen MR) is 45.9 cm³/mol. The van der Waals surface area contributed by atoms with E-state index in [2.05, 4.69) is 0 Å². The number of carboxylic acids is 3. The van der Waals surface area contributed by atoms with E-state index in [1.54, 1.807) is 0 Å². The monoisotopic (exact) mass is 1060 g/mol. The third-order valence-corrected chi connectivity index (χ3v) is 0.866. The Kier molecular flexibility index (Phi) is 109. The zero-order valence-electron chi connectivity index (χ0n) is 10.5. The summed E-state index contributed by atoms with van der Waals surface area (Å²) in [6, 6.07) is 0. The second-order valence-electron chi connectivity index (χ2n) is 2.18. The summed E-state index contributed by atoms with van der Waals surface area (Å²) >= 11 is 0. The molecular formula is C9H15ErGdLuO6TmYb. The fraction of sp³-hybridized carbons (Fsp3) is 0.667. The van der Waals surface area contributed by atoms with E-state index in [0.717, 1.165) is 0 Å². The van der Waals surface area contributed by atoms with Crippen molar-refractivity contribution in [2.24, 2.45) is 0 Å². The molecule has 0 aliphatic carbocycles. The zero-order valence-corrected chi connectivity index (χ0v) is 19.8. The van der Waals surface area contributed by atoms with E-state index in [9.17, 15) is 29.7 Å². The number of carboxylic acid groups (broad SMARTS) is 3. The van der Waals surface area contributed by atoms with Crippen molar-refractivity contribution in [2.75, 3.05) is 0 Å². The van der Waals surface area contributed by atoms with Crippen molar-refractivity contribution in [3.8, 4) is 0 Å². The minimum atomic E-state index is -0.995. The molecule has 0 amide bonds. The Morgan fingerprint density at radius 2 is 0.800 bits per heavy atom. The van der Waals surface area contributed by atoms with Gasteiger partial charge in [-0.2, -0.15) is 0 Å². The van der Waals surface area contributed by atoms with Gasteiger partial charge in [-0.3, -0.25) is 0 Å². The van der Waals surface area contributed by atoms with Gasteiger partial charge in [0, 0.05) is 179 Å². The van der Waals surface area contributed by atoms with Crippen molar-refractivity contribution in [1.29, 1.82) is 0 Å². The van der Waals surface area contributed by atoms with Crippen molar-refractivity contribution in [3.63, 3.8) is 0 Å². The minimum absolute atomic E-state index is 0. The number of hydrogen-bond donors (Lipinski definition) is 0. The van der Waals surface area contributed by atoms with Crippen LogP contribution in [0.15, 0.2) is 0 Å². The minimum Gasteiger partial charge on any atom is -0.550 e. The Balaban J connectivity index is -0.0000000160. The molecule has 0 aliphatic rings.